The summed E-state index contributed by atoms with van der Waals surface area (Å²) in [4.78, 5) is 25.1. The monoisotopic (exact) mass is 782 g/mol. The second-order valence-electron chi connectivity index (χ2n) is 20.2. The number of carboxylic acid groups (broad SMARTS) is 1. The summed E-state index contributed by atoms with van der Waals surface area (Å²) in [5.41, 5.74) is 0.352. The number of ketones is 1. The summed E-state index contributed by atoms with van der Waals surface area (Å²) in [6, 6.07) is 0. The molecule has 7 heterocycles. The number of carbonyl (C=O) groups is 2. The topological polar surface area (TPSA) is 144 Å². The molecule has 56 heavy (non-hydrogen) atoms. The number of hydrogen-bond acceptors (Lipinski definition) is 9. The Kier molecular flexibility index (Phi) is 10.9. The van der Waals surface area contributed by atoms with Crippen LogP contribution in [0.15, 0.2) is 23.8 Å². The highest BCUT2D eigenvalue weighted by Crippen LogP contribution is 2.58. The van der Waals surface area contributed by atoms with Gasteiger partial charge in [-0.05, 0) is 81.6 Å². The summed E-state index contributed by atoms with van der Waals surface area (Å²) in [5, 5.41) is 33.1. The van der Waals surface area contributed by atoms with Crippen LogP contribution in [0.5, 0.6) is 0 Å². The number of Topliss-reactive ketones (excluding diaryl/α,β-unsaturated/α-hetero) is 1. The first kappa shape index (κ1) is 40.8. The van der Waals surface area contributed by atoms with Crippen molar-refractivity contribution in [2.75, 3.05) is 13.1 Å². The molecular weight excluding hydrogens is 714 g/mol. The van der Waals surface area contributed by atoms with Crippen molar-refractivity contribution in [3.8, 4) is 0 Å². The van der Waals surface area contributed by atoms with E-state index in [9.17, 15) is 24.9 Å². The largest absolute Gasteiger partial charge is 0.481 e. The first-order chi connectivity index (χ1) is 26.4. The highest BCUT2D eigenvalue weighted by Gasteiger charge is 2.66. The van der Waals surface area contributed by atoms with Crippen molar-refractivity contribution in [3.63, 3.8) is 0 Å². The van der Waals surface area contributed by atoms with Gasteiger partial charge >= 0.3 is 5.97 Å². The average molecular weight is 783 g/mol. The van der Waals surface area contributed by atoms with Crippen molar-refractivity contribution in [1.29, 1.82) is 0 Å². The van der Waals surface area contributed by atoms with Crippen LogP contribution in [0, 0.1) is 35.0 Å². The number of carboxylic acids is 1. The van der Waals surface area contributed by atoms with Gasteiger partial charge in [-0.2, -0.15) is 0 Å². The maximum Gasteiger partial charge on any atom is 0.303 e. The van der Waals surface area contributed by atoms with Gasteiger partial charge in [0.25, 0.3) is 0 Å². The molecule has 8 rings (SSSR count). The molecule has 15 atom stereocenters. The van der Waals surface area contributed by atoms with Crippen LogP contribution >= 0.6 is 0 Å². The molecule has 0 radical (unpaired) electrons. The third-order valence-corrected chi connectivity index (χ3v) is 15.5. The Balaban J connectivity index is 1.20. The fraction of sp³-hybridized carbons (Fsp3) is 0.844. The van der Waals surface area contributed by atoms with Gasteiger partial charge in [0.2, 0.25) is 5.79 Å². The van der Waals surface area contributed by atoms with Crippen LogP contribution in [0.2, 0.25) is 0 Å². The molecule has 0 aromatic carbocycles. The smallest absolute Gasteiger partial charge is 0.303 e. The van der Waals surface area contributed by atoms with E-state index in [0.717, 1.165) is 50.8 Å². The molecule has 7 aliphatic heterocycles. The van der Waals surface area contributed by atoms with Crippen LogP contribution in [0.4, 0.5) is 0 Å². The highest BCUT2D eigenvalue weighted by atomic mass is 16.8. The number of aliphatic carboxylic acids is 1. The Hall–Kier alpha value is -1.99. The SMILES string of the molecule is C=C1CCC[N+]2=CC3(CCC(C(=O)CCC(=O)O)=CC3C3OC4(CC(C)CC3O4)CC3OC4(CCC5(OC(CCC5(C)O)C1)O4)CC(C)C3O)CC(C)C(C)C2. The van der Waals surface area contributed by atoms with Gasteiger partial charge in [0.15, 0.2) is 17.4 Å². The van der Waals surface area contributed by atoms with E-state index in [1.165, 1.54) is 0 Å². The number of ether oxygens (including phenoxy) is 5. The Morgan fingerprint density at radius 3 is 2.46 bits per heavy atom. The Bertz CT molecular complexity index is 1620. The summed E-state index contributed by atoms with van der Waals surface area (Å²) in [5.74, 6) is -3.44. The van der Waals surface area contributed by atoms with E-state index >= 15 is 0 Å². The fourth-order valence-electron chi connectivity index (χ4n) is 12.3. The zero-order valence-corrected chi connectivity index (χ0v) is 34.5. The van der Waals surface area contributed by atoms with Gasteiger partial charge in [0.1, 0.15) is 24.9 Å². The molecule has 5 saturated heterocycles. The number of aliphatic hydroxyl groups is 2. The van der Waals surface area contributed by atoms with Crippen LogP contribution in [-0.2, 0) is 33.3 Å². The second-order valence-corrected chi connectivity index (χ2v) is 20.2. The standard InChI is InChI=1S/C45H67NO10/c1-27-8-7-17-46-25-31(5)29(3)22-42(26-46)14-11-32(35(47)9-10-38(48)49)20-34(42)40-36-19-28(2)21-44(53-36,55-40)24-37-39(50)30(4)23-43(54-37)15-16-45(56-43)41(6,51)13-12-33(18-27)52-45/h20,26,28-31,33-34,36-37,39-40,50-51H,1,7-19,21-25H2,2-6H3/p+1. The van der Waals surface area contributed by atoms with Crippen LogP contribution in [0.1, 0.15) is 137 Å². The van der Waals surface area contributed by atoms with Gasteiger partial charge in [-0.3, -0.25) is 9.59 Å². The van der Waals surface area contributed by atoms with Crippen LogP contribution in [0.25, 0.3) is 0 Å². The van der Waals surface area contributed by atoms with Crippen molar-refractivity contribution >= 4 is 18.0 Å². The maximum atomic E-state index is 13.6. The van der Waals surface area contributed by atoms with E-state index in [0.29, 0.717) is 81.1 Å². The minimum absolute atomic E-state index is 0.0119. The Labute approximate surface area is 333 Å². The molecule has 0 aromatic heterocycles. The molecule has 15 unspecified atom stereocenters. The van der Waals surface area contributed by atoms with Gasteiger partial charge in [-0.15, -0.1) is 0 Å². The fourth-order valence-corrected chi connectivity index (χ4v) is 12.3. The van der Waals surface area contributed by atoms with Crippen molar-refractivity contribution in [2.24, 2.45) is 35.0 Å². The number of carbonyl (C=O) groups excluding carboxylic acids is 1. The molecule has 3 N–H and O–H groups in total. The third kappa shape index (κ3) is 7.54. The summed E-state index contributed by atoms with van der Waals surface area (Å²) >= 11 is 0. The summed E-state index contributed by atoms with van der Waals surface area (Å²) in [6.45, 7) is 17.2. The first-order valence-electron chi connectivity index (χ1n) is 22.0. The summed E-state index contributed by atoms with van der Waals surface area (Å²) in [7, 11) is 0. The quantitative estimate of drug-likeness (QED) is 0.215. The normalized spacial score (nSPS) is 49.5. The molecule has 0 saturated carbocycles. The van der Waals surface area contributed by atoms with E-state index in [1.54, 1.807) is 0 Å². The van der Waals surface area contributed by atoms with Gasteiger partial charge in [0, 0.05) is 56.8 Å². The van der Waals surface area contributed by atoms with E-state index in [1.807, 2.05) is 13.8 Å². The maximum absolute atomic E-state index is 13.6. The molecule has 0 amide bonds. The molecule has 1 aliphatic carbocycles. The third-order valence-electron chi connectivity index (χ3n) is 15.5. The van der Waals surface area contributed by atoms with Crippen molar-refractivity contribution < 1.29 is 53.2 Å². The number of fused-ring (bicyclic) bond motifs is 6. The second kappa shape index (κ2) is 14.9. The van der Waals surface area contributed by atoms with Crippen LogP contribution in [-0.4, -0.2) is 104 Å². The first-order valence-corrected chi connectivity index (χ1v) is 22.0. The van der Waals surface area contributed by atoms with Crippen LogP contribution < -0.4 is 0 Å². The number of allylic oxidation sites excluding steroid dienone is 1. The van der Waals surface area contributed by atoms with Gasteiger partial charge < -0.3 is 39.0 Å². The molecular formula is C45H68NO10+. The molecule has 11 heteroatoms. The lowest BCUT2D eigenvalue weighted by Crippen LogP contribution is -2.62. The summed E-state index contributed by atoms with van der Waals surface area (Å²) < 4.78 is 37.7. The van der Waals surface area contributed by atoms with E-state index in [-0.39, 0.29) is 54.2 Å². The zero-order chi connectivity index (χ0) is 39.8. The number of rotatable bonds is 4. The minimum Gasteiger partial charge on any atom is -0.481 e. The summed E-state index contributed by atoms with van der Waals surface area (Å²) in [6.07, 6.45) is 11.8. The molecule has 4 spiro atoms. The Morgan fingerprint density at radius 2 is 1.68 bits per heavy atom. The molecule has 11 nitrogen and oxygen atoms in total. The predicted octanol–water partition coefficient (Wildman–Crippen LogP) is 6.46. The minimum atomic E-state index is -1.22. The van der Waals surface area contributed by atoms with E-state index in [4.69, 9.17) is 23.7 Å². The molecule has 8 aliphatic rings. The molecule has 9 bridgehead atoms. The zero-order valence-electron chi connectivity index (χ0n) is 34.5. The Morgan fingerprint density at radius 1 is 0.893 bits per heavy atom. The van der Waals surface area contributed by atoms with E-state index < -0.39 is 41.1 Å². The number of nitrogens with zero attached hydrogens (tertiary/aromatic N) is 1. The number of hydrogen-bond donors (Lipinski definition) is 3. The molecule has 0 aromatic rings. The van der Waals surface area contributed by atoms with Gasteiger partial charge in [-0.25, -0.2) is 4.58 Å². The van der Waals surface area contributed by atoms with Gasteiger partial charge in [-0.1, -0.05) is 45.9 Å². The van der Waals surface area contributed by atoms with Crippen molar-refractivity contribution in [2.45, 2.75) is 191 Å². The van der Waals surface area contributed by atoms with Crippen LogP contribution in [0.3, 0.4) is 0 Å². The predicted molar refractivity (Wildman–Crippen MR) is 208 cm³/mol. The van der Waals surface area contributed by atoms with Crippen molar-refractivity contribution in [3.05, 3.63) is 23.8 Å². The van der Waals surface area contributed by atoms with Gasteiger partial charge in [0.05, 0.1) is 42.4 Å². The average Bonchev–Trinajstić information content (AvgIpc) is 3.56. The lowest BCUT2D eigenvalue weighted by atomic mass is 9.60. The highest BCUT2D eigenvalue weighted by molar-refractivity contribution is 5.97. The number of aliphatic hydroxyl groups excluding tert-OH is 1. The lowest BCUT2D eigenvalue weighted by molar-refractivity contribution is -0.533. The van der Waals surface area contributed by atoms with Crippen molar-refractivity contribution in [1.82, 2.24) is 0 Å². The molecule has 5 fully saturated rings. The van der Waals surface area contributed by atoms with E-state index in [2.05, 4.69) is 44.2 Å². The molecule has 312 valence electrons. The lowest BCUT2D eigenvalue weighted by Gasteiger charge is -2.51.